The molecule has 2 aromatic rings. The van der Waals surface area contributed by atoms with Crippen LogP contribution < -0.4 is 0 Å². The fourth-order valence-electron chi connectivity index (χ4n) is 3.66. The molecule has 144 valence electrons. The van der Waals surface area contributed by atoms with Gasteiger partial charge in [0.15, 0.2) is 0 Å². The minimum atomic E-state index is -0.937. The normalized spacial score (nSPS) is 14.9. The summed E-state index contributed by atoms with van der Waals surface area (Å²) in [5.41, 5.74) is 1.36. The van der Waals surface area contributed by atoms with Crippen molar-refractivity contribution in [3.63, 3.8) is 0 Å². The number of benzene rings is 1. The fraction of sp³-hybridized carbons (Fsp3) is 0.571. The van der Waals surface area contributed by atoms with Crippen molar-refractivity contribution in [2.75, 3.05) is 0 Å². The monoisotopic (exact) mass is 387 g/mol. The Bertz CT molecular complexity index is 885. The predicted molar refractivity (Wildman–Crippen MR) is 106 cm³/mol. The van der Waals surface area contributed by atoms with E-state index in [9.17, 15) is 15.2 Å². The summed E-state index contributed by atoms with van der Waals surface area (Å²) in [6.07, 6.45) is 6.61. The average molecular weight is 388 g/mol. The maximum absolute atomic E-state index is 11.9. The lowest BCUT2D eigenvalue weighted by Crippen LogP contribution is -2.23. The fourth-order valence-corrected chi connectivity index (χ4v) is 3.86. The number of halogens is 1. The van der Waals surface area contributed by atoms with Gasteiger partial charge < -0.3 is 9.67 Å². The van der Waals surface area contributed by atoms with Crippen LogP contribution in [0.3, 0.4) is 0 Å². The first-order valence-corrected chi connectivity index (χ1v) is 10.0. The Balaban J connectivity index is 1.72. The van der Waals surface area contributed by atoms with Gasteiger partial charge in [-0.15, -0.1) is 0 Å². The van der Waals surface area contributed by atoms with Crippen LogP contribution in [0.25, 0.3) is 11.0 Å². The molecule has 0 unspecified atom stereocenters. The molecular weight excluding hydrogens is 362 g/mol. The standard InChI is InChI=1S/C21H26ClN3O2/c1-21(2,27)12-16(26)8-3-4-9-20-24-18-11-17(22)14(13-23)10-19(18)25(20)15-6-5-7-15/h10-11,15,27H,3-9,12H2,1-2H3. The highest BCUT2D eigenvalue weighted by molar-refractivity contribution is 6.32. The van der Waals surface area contributed by atoms with Crippen LogP contribution in [0.15, 0.2) is 12.1 Å². The van der Waals surface area contributed by atoms with Crippen LogP contribution in [0.2, 0.25) is 5.02 Å². The minimum Gasteiger partial charge on any atom is -0.390 e. The summed E-state index contributed by atoms with van der Waals surface area (Å²) >= 11 is 6.18. The van der Waals surface area contributed by atoms with Crippen molar-refractivity contribution in [3.8, 4) is 6.07 Å². The van der Waals surface area contributed by atoms with Gasteiger partial charge in [0.1, 0.15) is 17.7 Å². The van der Waals surface area contributed by atoms with Crippen molar-refractivity contribution in [1.29, 1.82) is 5.26 Å². The lowest BCUT2D eigenvalue weighted by atomic mass is 9.92. The van der Waals surface area contributed by atoms with Crippen LogP contribution in [0.5, 0.6) is 0 Å². The van der Waals surface area contributed by atoms with Gasteiger partial charge in [-0.25, -0.2) is 4.98 Å². The molecule has 5 nitrogen and oxygen atoms in total. The van der Waals surface area contributed by atoms with E-state index in [0.29, 0.717) is 23.0 Å². The Morgan fingerprint density at radius 3 is 2.74 bits per heavy atom. The van der Waals surface area contributed by atoms with Crippen LogP contribution in [-0.2, 0) is 11.2 Å². The van der Waals surface area contributed by atoms with Crippen molar-refractivity contribution in [1.82, 2.24) is 9.55 Å². The first-order chi connectivity index (χ1) is 12.8. The van der Waals surface area contributed by atoms with Gasteiger partial charge in [-0.2, -0.15) is 5.26 Å². The summed E-state index contributed by atoms with van der Waals surface area (Å²) in [6, 6.07) is 6.22. The Morgan fingerprint density at radius 1 is 1.41 bits per heavy atom. The van der Waals surface area contributed by atoms with E-state index in [0.717, 1.165) is 49.0 Å². The number of nitriles is 1. The lowest BCUT2D eigenvalue weighted by molar-refractivity contribution is -0.122. The molecule has 0 bridgehead atoms. The first kappa shape index (κ1) is 19.9. The van der Waals surface area contributed by atoms with Crippen molar-refractivity contribution in [3.05, 3.63) is 28.5 Å². The Labute approximate surface area is 165 Å². The number of nitrogens with zero attached hydrogens (tertiary/aromatic N) is 3. The van der Waals surface area contributed by atoms with Gasteiger partial charge in [-0.3, -0.25) is 4.79 Å². The number of ketones is 1. The summed E-state index contributed by atoms with van der Waals surface area (Å²) in [7, 11) is 0. The zero-order valence-corrected chi connectivity index (χ0v) is 16.7. The minimum absolute atomic E-state index is 0.0976. The smallest absolute Gasteiger partial charge is 0.135 e. The van der Waals surface area contributed by atoms with Gasteiger partial charge >= 0.3 is 0 Å². The molecule has 0 saturated heterocycles. The molecular formula is C21H26ClN3O2. The number of imidazole rings is 1. The molecule has 0 amide bonds. The first-order valence-electron chi connectivity index (χ1n) is 9.63. The number of aryl methyl sites for hydroxylation is 1. The molecule has 1 aliphatic rings. The number of aromatic nitrogens is 2. The predicted octanol–water partition coefficient (Wildman–Crippen LogP) is 4.73. The van der Waals surface area contributed by atoms with E-state index in [1.165, 1.54) is 6.42 Å². The second kappa shape index (κ2) is 8.00. The molecule has 27 heavy (non-hydrogen) atoms. The highest BCUT2D eigenvalue weighted by atomic mass is 35.5. The highest BCUT2D eigenvalue weighted by Gasteiger charge is 2.25. The Kier molecular flexibility index (Phi) is 5.88. The molecule has 6 heteroatoms. The van der Waals surface area contributed by atoms with Crippen molar-refractivity contribution < 1.29 is 9.90 Å². The van der Waals surface area contributed by atoms with Crippen molar-refractivity contribution in [2.24, 2.45) is 0 Å². The summed E-state index contributed by atoms with van der Waals surface area (Å²) in [6.45, 7) is 3.32. The molecule has 0 aliphatic heterocycles. The van der Waals surface area contributed by atoms with Crippen LogP contribution in [0.4, 0.5) is 0 Å². The van der Waals surface area contributed by atoms with Crippen LogP contribution in [-0.4, -0.2) is 26.0 Å². The van der Waals surface area contributed by atoms with E-state index in [4.69, 9.17) is 16.6 Å². The summed E-state index contributed by atoms with van der Waals surface area (Å²) < 4.78 is 2.27. The third-order valence-electron chi connectivity index (χ3n) is 5.15. The highest BCUT2D eigenvalue weighted by Crippen LogP contribution is 2.37. The Hall–Kier alpha value is -1.90. The van der Waals surface area contributed by atoms with Gasteiger partial charge in [-0.05, 0) is 58.1 Å². The number of fused-ring (bicyclic) bond motifs is 1. The molecule has 3 rings (SSSR count). The maximum Gasteiger partial charge on any atom is 0.135 e. The number of carbonyl (C=O) groups excluding carboxylic acids is 1. The number of Topliss-reactive ketones (excluding diaryl/α,β-unsaturated/α-hetero) is 1. The summed E-state index contributed by atoms with van der Waals surface area (Å²) in [5.74, 6) is 1.11. The maximum atomic E-state index is 11.9. The zero-order valence-electron chi connectivity index (χ0n) is 16.0. The van der Waals surface area contributed by atoms with Gasteiger partial charge in [0.25, 0.3) is 0 Å². The molecule has 1 aromatic carbocycles. The number of hydrogen-bond acceptors (Lipinski definition) is 4. The number of aliphatic hydroxyl groups is 1. The second-order valence-electron chi connectivity index (χ2n) is 8.15. The quantitative estimate of drug-likeness (QED) is 0.664. The molecule has 1 fully saturated rings. The molecule has 0 atom stereocenters. The number of hydrogen-bond donors (Lipinski definition) is 1. The average Bonchev–Trinajstić information content (AvgIpc) is 2.85. The number of carbonyl (C=O) groups is 1. The molecule has 0 spiro atoms. The topological polar surface area (TPSA) is 78.9 Å². The van der Waals surface area contributed by atoms with Crippen LogP contribution >= 0.6 is 11.6 Å². The SMILES string of the molecule is CC(C)(O)CC(=O)CCCCc1nc2cc(Cl)c(C#N)cc2n1C1CCC1. The van der Waals surface area contributed by atoms with Crippen LogP contribution in [0, 0.1) is 11.3 Å². The third-order valence-corrected chi connectivity index (χ3v) is 5.46. The lowest BCUT2D eigenvalue weighted by Gasteiger charge is -2.29. The van der Waals surface area contributed by atoms with E-state index in [1.807, 2.05) is 6.07 Å². The summed E-state index contributed by atoms with van der Waals surface area (Å²) in [4.78, 5) is 16.7. The largest absolute Gasteiger partial charge is 0.390 e. The second-order valence-corrected chi connectivity index (χ2v) is 8.56. The van der Waals surface area contributed by atoms with Crippen molar-refractivity contribution >= 4 is 28.4 Å². The zero-order chi connectivity index (χ0) is 19.6. The summed E-state index contributed by atoms with van der Waals surface area (Å²) in [5, 5.41) is 19.4. The molecule has 1 N–H and O–H groups in total. The molecule has 1 saturated carbocycles. The molecule has 0 radical (unpaired) electrons. The van der Waals surface area contributed by atoms with E-state index in [1.54, 1.807) is 19.9 Å². The van der Waals surface area contributed by atoms with Crippen LogP contribution in [0.1, 0.15) is 76.2 Å². The molecule has 1 aliphatic carbocycles. The molecule has 1 heterocycles. The van der Waals surface area contributed by atoms with Crippen molar-refractivity contribution in [2.45, 2.75) is 76.9 Å². The third kappa shape index (κ3) is 4.69. The van der Waals surface area contributed by atoms with E-state index in [-0.39, 0.29) is 12.2 Å². The van der Waals surface area contributed by atoms with Gasteiger partial charge in [0, 0.05) is 25.3 Å². The van der Waals surface area contributed by atoms with Gasteiger partial charge in [0.05, 0.1) is 27.2 Å². The van der Waals surface area contributed by atoms with E-state index < -0.39 is 5.60 Å². The van der Waals surface area contributed by atoms with Gasteiger partial charge in [-0.1, -0.05) is 11.6 Å². The number of unbranched alkanes of at least 4 members (excludes halogenated alkanes) is 1. The molecule has 1 aromatic heterocycles. The van der Waals surface area contributed by atoms with E-state index in [2.05, 4.69) is 10.6 Å². The van der Waals surface area contributed by atoms with Gasteiger partial charge in [0.2, 0.25) is 0 Å². The number of rotatable bonds is 8. The van der Waals surface area contributed by atoms with E-state index >= 15 is 0 Å². The Morgan fingerprint density at radius 2 is 2.15 bits per heavy atom.